The van der Waals surface area contributed by atoms with Crippen molar-refractivity contribution in [3.63, 3.8) is 0 Å². The summed E-state index contributed by atoms with van der Waals surface area (Å²) in [6.45, 7) is 3.52. The molecule has 0 spiro atoms. The molecule has 0 bridgehead atoms. The summed E-state index contributed by atoms with van der Waals surface area (Å²) in [4.78, 5) is 19.9. The number of benzene rings is 3. The van der Waals surface area contributed by atoms with E-state index in [9.17, 15) is 9.90 Å². The van der Waals surface area contributed by atoms with Gasteiger partial charge >= 0.3 is 5.97 Å². The maximum absolute atomic E-state index is 11.9. The van der Waals surface area contributed by atoms with Gasteiger partial charge in [0.25, 0.3) is 0 Å². The van der Waals surface area contributed by atoms with Gasteiger partial charge in [-0.3, -0.25) is 4.79 Å². The summed E-state index contributed by atoms with van der Waals surface area (Å²) in [7, 11) is 0. The largest absolute Gasteiger partial charge is 0.457 e. The second kappa shape index (κ2) is 10.4. The van der Waals surface area contributed by atoms with Gasteiger partial charge in [-0.15, -0.1) is 11.3 Å². The van der Waals surface area contributed by atoms with Crippen LogP contribution in [-0.4, -0.2) is 21.0 Å². The molecule has 0 aliphatic heterocycles. The van der Waals surface area contributed by atoms with E-state index in [1.807, 2.05) is 86.1 Å². The number of aromatic nitrogens is 2. The maximum Gasteiger partial charge on any atom is 0.313 e. The molecule has 5 aromatic rings. The van der Waals surface area contributed by atoms with Crippen LogP contribution in [0.1, 0.15) is 30.7 Å². The number of hydrogen-bond acceptors (Lipinski definition) is 6. The van der Waals surface area contributed by atoms with Crippen LogP contribution in [0.5, 0.6) is 17.2 Å². The molecule has 0 unspecified atom stereocenters. The molecule has 3 aromatic carbocycles. The molecular weight excluding hydrogens is 472 g/mol. The van der Waals surface area contributed by atoms with Crippen molar-refractivity contribution in [2.24, 2.45) is 5.92 Å². The van der Waals surface area contributed by atoms with E-state index in [-0.39, 0.29) is 18.5 Å². The quantitative estimate of drug-likeness (QED) is 0.183. The number of aliphatic hydroxyl groups is 1. The number of thiazole rings is 1. The molecule has 0 radical (unpaired) electrons. The van der Waals surface area contributed by atoms with E-state index in [1.165, 1.54) is 0 Å². The fraction of sp³-hybridized carbons (Fsp3) is 0.172. The summed E-state index contributed by atoms with van der Waals surface area (Å²) in [5.74, 6) is 1.42. The third kappa shape index (κ3) is 5.17. The molecule has 0 aliphatic rings. The van der Waals surface area contributed by atoms with Crippen LogP contribution >= 0.6 is 11.3 Å². The van der Waals surface area contributed by atoms with Crippen molar-refractivity contribution in [3.8, 4) is 27.8 Å². The van der Waals surface area contributed by atoms with Crippen LogP contribution in [0, 0.1) is 5.92 Å². The molecule has 0 atom stereocenters. The molecule has 2 heterocycles. The van der Waals surface area contributed by atoms with Crippen LogP contribution < -0.4 is 9.47 Å². The summed E-state index contributed by atoms with van der Waals surface area (Å²) >= 11 is 1.57. The van der Waals surface area contributed by atoms with Gasteiger partial charge in [0, 0.05) is 40.0 Å². The van der Waals surface area contributed by atoms with Crippen molar-refractivity contribution < 1.29 is 19.4 Å². The lowest BCUT2D eigenvalue weighted by molar-refractivity contribution is -0.137. The van der Waals surface area contributed by atoms with Crippen molar-refractivity contribution in [1.29, 1.82) is 0 Å². The maximum atomic E-state index is 11.9. The van der Waals surface area contributed by atoms with E-state index in [1.54, 1.807) is 17.4 Å². The molecule has 0 amide bonds. The topological polar surface area (TPSA) is 84.4 Å². The smallest absolute Gasteiger partial charge is 0.313 e. The second-order valence-electron chi connectivity index (χ2n) is 8.81. The number of hydrogen-bond donors (Lipinski definition) is 2. The molecular formula is C29H26N2O4S. The minimum atomic E-state index is -0.246. The number of aliphatic hydroxyl groups excluding tert-OH is 1. The summed E-state index contributed by atoms with van der Waals surface area (Å²) < 4.78 is 11.6. The van der Waals surface area contributed by atoms with E-state index in [0.717, 1.165) is 38.3 Å². The number of nitrogens with one attached hydrogen (secondary N) is 1. The lowest BCUT2D eigenvalue weighted by Gasteiger charge is -2.11. The molecule has 182 valence electrons. The minimum absolute atomic E-state index is 0.113. The SMILES string of the molecule is CC(C)C(=O)Oc1cccc(Cc2csc(-c3cccc(Oc4ccc5[nH]ccc5c4CO)c3)n2)c1. The average molecular weight is 499 g/mol. The highest BCUT2D eigenvalue weighted by Crippen LogP contribution is 2.34. The van der Waals surface area contributed by atoms with Gasteiger partial charge in [-0.1, -0.05) is 38.1 Å². The van der Waals surface area contributed by atoms with Gasteiger partial charge in [-0.2, -0.15) is 0 Å². The second-order valence-corrected chi connectivity index (χ2v) is 9.67. The van der Waals surface area contributed by atoms with Crippen LogP contribution in [0.25, 0.3) is 21.5 Å². The highest BCUT2D eigenvalue weighted by atomic mass is 32.1. The Hall–Kier alpha value is -3.94. The first-order valence-corrected chi connectivity index (χ1v) is 12.6. The lowest BCUT2D eigenvalue weighted by atomic mass is 10.1. The summed E-state index contributed by atoms with van der Waals surface area (Å²) in [6, 6.07) is 21.1. The zero-order chi connectivity index (χ0) is 25.1. The van der Waals surface area contributed by atoms with E-state index >= 15 is 0 Å². The van der Waals surface area contributed by atoms with Gasteiger partial charge in [0.1, 0.15) is 22.3 Å². The predicted octanol–water partition coefficient (Wildman–Crippen LogP) is 6.73. The third-order valence-electron chi connectivity index (χ3n) is 5.80. The molecule has 0 saturated heterocycles. The molecule has 0 aliphatic carbocycles. The van der Waals surface area contributed by atoms with Gasteiger partial charge in [0.2, 0.25) is 0 Å². The zero-order valence-corrected chi connectivity index (χ0v) is 20.8. The van der Waals surface area contributed by atoms with E-state index in [0.29, 0.717) is 23.7 Å². The van der Waals surface area contributed by atoms with Gasteiger partial charge in [-0.25, -0.2) is 4.98 Å². The van der Waals surface area contributed by atoms with Crippen molar-refractivity contribution in [1.82, 2.24) is 9.97 Å². The van der Waals surface area contributed by atoms with Crippen molar-refractivity contribution in [2.45, 2.75) is 26.9 Å². The van der Waals surface area contributed by atoms with E-state index < -0.39 is 0 Å². The van der Waals surface area contributed by atoms with E-state index in [4.69, 9.17) is 14.5 Å². The number of rotatable bonds is 8. The highest BCUT2D eigenvalue weighted by Gasteiger charge is 2.13. The Balaban J connectivity index is 1.32. The predicted molar refractivity (Wildman–Crippen MR) is 142 cm³/mol. The number of esters is 1. The number of carbonyl (C=O) groups excluding carboxylic acids is 1. The molecule has 36 heavy (non-hydrogen) atoms. The number of carbonyl (C=O) groups is 1. The average Bonchev–Trinajstić information content (AvgIpc) is 3.54. The summed E-state index contributed by atoms with van der Waals surface area (Å²) in [5, 5.41) is 13.8. The first kappa shape index (κ1) is 23.8. The Kier molecular flexibility index (Phi) is 6.84. The first-order chi connectivity index (χ1) is 17.5. The normalized spacial score (nSPS) is 11.2. The number of ether oxygens (including phenoxy) is 2. The van der Waals surface area contributed by atoms with Gasteiger partial charge in [0.05, 0.1) is 18.2 Å². The van der Waals surface area contributed by atoms with Crippen molar-refractivity contribution >= 4 is 28.2 Å². The number of fused-ring (bicyclic) bond motifs is 1. The van der Waals surface area contributed by atoms with Crippen LogP contribution in [-0.2, 0) is 17.8 Å². The number of aromatic amines is 1. The Bertz CT molecular complexity index is 1520. The molecule has 7 heteroatoms. The molecule has 0 saturated carbocycles. The Labute approximate surface area is 213 Å². The Morgan fingerprint density at radius 3 is 2.72 bits per heavy atom. The van der Waals surface area contributed by atoms with E-state index in [2.05, 4.69) is 4.98 Å². The standard InChI is InChI=1S/C29H26N2O4S/c1-18(2)29(33)35-22-7-3-5-19(14-22)13-21-17-36-28(31-21)20-6-4-8-23(15-20)34-27-10-9-26-24(11-12-30-26)25(27)16-32/h3-12,14-15,17-18,30,32H,13,16H2,1-2H3. The van der Waals surface area contributed by atoms with Gasteiger partial charge in [0.15, 0.2) is 0 Å². The molecule has 5 rings (SSSR count). The molecule has 2 aromatic heterocycles. The lowest BCUT2D eigenvalue weighted by Crippen LogP contribution is -2.14. The van der Waals surface area contributed by atoms with Crippen LogP contribution in [0.15, 0.2) is 78.3 Å². The number of H-pyrrole nitrogens is 1. The van der Waals surface area contributed by atoms with Gasteiger partial charge < -0.3 is 19.6 Å². The van der Waals surface area contributed by atoms with Gasteiger partial charge in [-0.05, 0) is 48.0 Å². The third-order valence-corrected chi connectivity index (χ3v) is 6.74. The number of nitrogens with zero attached hydrogens (tertiary/aromatic N) is 1. The Morgan fingerprint density at radius 1 is 1.06 bits per heavy atom. The van der Waals surface area contributed by atoms with Crippen molar-refractivity contribution in [3.05, 3.63) is 95.1 Å². The first-order valence-electron chi connectivity index (χ1n) is 11.7. The zero-order valence-electron chi connectivity index (χ0n) is 20.0. The Morgan fingerprint density at radius 2 is 1.89 bits per heavy atom. The van der Waals surface area contributed by atoms with Crippen molar-refractivity contribution in [2.75, 3.05) is 0 Å². The molecule has 0 fully saturated rings. The monoisotopic (exact) mass is 498 g/mol. The van der Waals surface area contributed by atoms with Crippen LogP contribution in [0.3, 0.4) is 0 Å². The summed E-state index contributed by atoms with van der Waals surface area (Å²) in [5.41, 5.74) is 4.62. The fourth-order valence-corrected chi connectivity index (χ4v) is 4.75. The van der Waals surface area contributed by atoms with Crippen LogP contribution in [0.4, 0.5) is 0 Å². The fourth-order valence-electron chi connectivity index (χ4n) is 3.94. The molecule has 6 nitrogen and oxygen atoms in total. The highest BCUT2D eigenvalue weighted by molar-refractivity contribution is 7.13. The minimum Gasteiger partial charge on any atom is -0.457 e. The molecule has 2 N–H and O–H groups in total. The van der Waals surface area contributed by atoms with Crippen LogP contribution in [0.2, 0.25) is 0 Å². The summed E-state index contributed by atoms with van der Waals surface area (Å²) in [6.07, 6.45) is 2.49.